The van der Waals surface area contributed by atoms with Gasteiger partial charge in [-0.15, -0.1) is 0 Å². The second-order valence-corrected chi connectivity index (χ2v) is 4.11. The number of para-hydroxylation sites is 2. The van der Waals surface area contributed by atoms with Crippen molar-refractivity contribution in [3.63, 3.8) is 0 Å². The Kier molecular flexibility index (Phi) is 3.85. The number of hydrogen-bond acceptors (Lipinski definition) is 3. The third-order valence-corrected chi connectivity index (χ3v) is 2.70. The van der Waals surface area contributed by atoms with Crippen LogP contribution in [0.25, 0.3) is 0 Å². The van der Waals surface area contributed by atoms with Crippen molar-refractivity contribution in [1.29, 1.82) is 0 Å². The highest BCUT2D eigenvalue weighted by atomic mass is 16.5. The van der Waals surface area contributed by atoms with E-state index in [1.54, 1.807) is 7.11 Å². The van der Waals surface area contributed by atoms with E-state index < -0.39 is 0 Å². The molecule has 94 valence electrons. The minimum Gasteiger partial charge on any atom is -0.493 e. The molecule has 0 aliphatic heterocycles. The van der Waals surface area contributed by atoms with Gasteiger partial charge in [-0.2, -0.15) is 0 Å². The molecule has 0 radical (unpaired) electrons. The van der Waals surface area contributed by atoms with E-state index in [1.165, 1.54) is 0 Å². The highest BCUT2D eigenvalue weighted by Gasteiger charge is 2.05. The molecule has 3 nitrogen and oxygen atoms in total. The summed E-state index contributed by atoms with van der Waals surface area (Å²) in [6.45, 7) is 1.95. The van der Waals surface area contributed by atoms with E-state index in [-0.39, 0.29) is 6.04 Å². The van der Waals surface area contributed by atoms with Crippen LogP contribution in [0.4, 0.5) is 0 Å². The lowest BCUT2D eigenvalue weighted by atomic mass is 10.1. The summed E-state index contributed by atoms with van der Waals surface area (Å²) in [7, 11) is 1.63. The molecule has 2 N–H and O–H groups in total. The molecule has 1 unspecified atom stereocenters. The lowest BCUT2D eigenvalue weighted by molar-refractivity contribution is 0.379. The van der Waals surface area contributed by atoms with Crippen LogP contribution in [0.1, 0.15) is 18.5 Å². The van der Waals surface area contributed by atoms with Crippen LogP contribution < -0.4 is 15.2 Å². The maximum Gasteiger partial charge on any atom is 0.169 e. The molecule has 0 aromatic heterocycles. The Hall–Kier alpha value is -2.00. The van der Waals surface area contributed by atoms with Crippen molar-refractivity contribution in [2.24, 2.45) is 5.73 Å². The standard InChI is InChI=1S/C15H17NO2/c1-11(16)12-7-9-13(10-8-12)18-15-6-4-3-5-14(15)17-2/h3-11H,16H2,1-2H3. The second kappa shape index (κ2) is 5.56. The van der Waals surface area contributed by atoms with Crippen LogP contribution in [0.5, 0.6) is 17.2 Å². The SMILES string of the molecule is COc1ccccc1Oc1ccc(C(C)N)cc1. The van der Waals surface area contributed by atoms with Crippen molar-refractivity contribution in [3.8, 4) is 17.2 Å². The van der Waals surface area contributed by atoms with E-state index in [4.69, 9.17) is 15.2 Å². The Bertz CT molecular complexity index is 506. The van der Waals surface area contributed by atoms with Gasteiger partial charge < -0.3 is 15.2 Å². The maximum atomic E-state index is 5.80. The van der Waals surface area contributed by atoms with Crippen molar-refractivity contribution in [2.45, 2.75) is 13.0 Å². The Balaban J connectivity index is 2.18. The molecule has 0 fully saturated rings. The number of hydrogen-bond donors (Lipinski definition) is 1. The molecule has 2 aromatic carbocycles. The number of nitrogens with two attached hydrogens (primary N) is 1. The summed E-state index contributed by atoms with van der Waals surface area (Å²) >= 11 is 0. The first-order valence-corrected chi connectivity index (χ1v) is 5.87. The fourth-order valence-corrected chi connectivity index (χ4v) is 1.67. The Labute approximate surface area is 107 Å². The van der Waals surface area contributed by atoms with Gasteiger partial charge >= 0.3 is 0 Å². The normalized spacial score (nSPS) is 11.9. The van der Waals surface area contributed by atoms with E-state index in [1.807, 2.05) is 55.5 Å². The van der Waals surface area contributed by atoms with Gasteiger partial charge in [0.05, 0.1) is 7.11 Å². The first-order valence-electron chi connectivity index (χ1n) is 5.87. The Morgan fingerprint density at radius 2 is 1.56 bits per heavy atom. The Morgan fingerprint density at radius 1 is 0.944 bits per heavy atom. The fraction of sp³-hybridized carbons (Fsp3) is 0.200. The van der Waals surface area contributed by atoms with Gasteiger partial charge in [0.15, 0.2) is 11.5 Å². The van der Waals surface area contributed by atoms with Gasteiger partial charge in [0.25, 0.3) is 0 Å². The zero-order chi connectivity index (χ0) is 13.0. The highest BCUT2D eigenvalue weighted by Crippen LogP contribution is 2.31. The number of methoxy groups -OCH3 is 1. The summed E-state index contributed by atoms with van der Waals surface area (Å²) in [6.07, 6.45) is 0. The van der Waals surface area contributed by atoms with Crippen molar-refractivity contribution in [1.82, 2.24) is 0 Å². The van der Waals surface area contributed by atoms with Crippen molar-refractivity contribution in [3.05, 3.63) is 54.1 Å². The molecule has 0 saturated heterocycles. The summed E-state index contributed by atoms with van der Waals surface area (Å²) in [5.41, 5.74) is 6.89. The largest absolute Gasteiger partial charge is 0.493 e. The van der Waals surface area contributed by atoms with Crippen LogP contribution >= 0.6 is 0 Å². The summed E-state index contributed by atoms with van der Waals surface area (Å²) in [6, 6.07) is 15.3. The van der Waals surface area contributed by atoms with E-state index in [0.29, 0.717) is 11.5 Å². The zero-order valence-corrected chi connectivity index (χ0v) is 10.6. The third-order valence-electron chi connectivity index (χ3n) is 2.70. The van der Waals surface area contributed by atoms with Crippen molar-refractivity contribution >= 4 is 0 Å². The summed E-state index contributed by atoms with van der Waals surface area (Å²) in [5.74, 6) is 2.19. The lowest BCUT2D eigenvalue weighted by Gasteiger charge is -2.11. The number of rotatable bonds is 4. The van der Waals surface area contributed by atoms with E-state index in [2.05, 4.69) is 0 Å². The van der Waals surface area contributed by atoms with Crippen LogP contribution in [0.3, 0.4) is 0 Å². The maximum absolute atomic E-state index is 5.80. The first kappa shape index (κ1) is 12.5. The predicted molar refractivity (Wildman–Crippen MR) is 72.1 cm³/mol. The molecule has 0 saturated carbocycles. The van der Waals surface area contributed by atoms with Gasteiger partial charge in [0.2, 0.25) is 0 Å². The monoisotopic (exact) mass is 243 g/mol. The van der Waals surface area contributed by atoms with Gasteiger partial charge in [-0.1, -0.05) is 24.3 Å². The minimum atomic E-state index is 0.0327. The molecule has 0 spiro atoms. The van der Waals surface area contributed by atoms with Crippen molar-refractivity contribution in [2.75, 3.05) is 7.11 Å². The van der Waals surface area contributed by atoms with E-state index >= 15 is 0 Å². The van der Waals surface area contributed by atoms with Crippen LogP contribution in [0.15, 0.2) is 48.5 Å². The first-order chi connectivity index (χ1) is 8.70. The molecule has 2 aromatic rings. The molecule has 2 rings (SSSR count). The molecular weight excluding hydrogens is 226 g/mol. The molecular formula is C15H17NO2. The van der Waals surface area contributed by atoms with Gasteiger partial charge in [0.1, 0.15) is 5.75 Å². The molecule has 0 heterocycles. The molecule has 1 atom stereocenters. The lowest BCUT2D eigenvalue weighted by Crippen LogP contribution is -2.04. The average molecular weight is 243 g/mol. The molecule has 0 bridgehead atoms. The summed E-state index contributed by atoms with van der Waals surface area (Å²) < 4.78 is 11.0. The predicted octanol–water partition coefficient (Wildman–Crippen LogP) is 3.51. The van der Waals surface area contributed by atoms with Crippen molar-refractivity contribution < 1.29 is 9.47 Å². The molecule has 0 aliphatic rings. The van der Waals surface area contributed by atoms with Gasteiger partial charge in [-0.3, -0.25) is 0 Å². The molecule has 3 heteroatoms. The van der Waals surface area contributed by atoms with Gasteiger partial charge in [-0.25, -0.2) is 0 Å². The topological polar surface area (TPSA) is 44.5 Å². The minimum absolute atomic E-state index is 0.0327. The third kappa shape index (κ3) is 2.81. The second-order valence-electron chi connectivity index (χ2n) is 4.11. The summed E-state index contributed by atoms with van der Waals surface area (Å²) in [4.78, 5) is 0. The smallest absolute Gasteiger partial charge is 0.169 e. The average Bonchev–Trinajstić information content (AvgIpc) is 2.40. The van der Waals surface area contributed by atoms with Crippen LogP contribution in [-0.2, 0) is 0 Å². The number of benzene rings is 2. The molecule has 18 heavy (non-hydrogen) atoms. The van der Waals surface area contributed by atoms with Gasteiger partial charge in [-0.05, 0) is 36.8 Å². The quantitative estimate of drug-likeness (QED) is 0.893. The fourth-order valence-electron chi connectivity index (χ4n) is 1.67. The van der Waals surface area contributed by atoms with E-state index in [9.17, 15) is 0 Å². The van der Waals surface area contributed by atoms with Crippen LogP contribution in [0.2, 0.25) is 0 Å². The van der Waals surface area contributed by atoms with E-state index in [0.717, 1.165) is 11.3 Å². The number of ether oxygens (including phenoxy) is 2. The highest BCUT2D eigenvalue weighted by molar-refractivity contribution is 5.43. The molecule has 0 aliphatic carbocycles. The zero-order valence-electron chi connectivity index (χ0n) is 10.6. The van der Waals surface area contributed by atoms with Crippen LogP contribution in [-0.4, -0.2) is 7.11 Å². The molecule has 0 amide bonds. The Morgan fingerprint density at radius 3 is 2.11 bits per heavy atom. The summed E-state index contributed by atoms with van der Waals surface area (Å²) in [5, 5.41) is 0. The van der Waals surface area contributed by atoms with Gasteiger partial charge in [0, 0.05) is 6.04 Å². The van der Waals surface area contributed by atoms with Crippen LogP contribution in [0, 0.1) is 0 Å².